The van der Waals surface area contributed by atoms with E-state index in [1.807, 2.05) is 25.6 Å². The van der Waals surface area contributed by atoms with Crippen LogP contribution in [0.2, 0.25) is 0 Å². The topological polar surface area (TPSA) is 49.9 Å². The van der Waals surface area contributed by atoms with Crippen LogP contribution in [-0.4, -0.2) is 11.6 Å². The van der Waals surface area contributed by atoms with Crippen LogP contribution in [0.15, 0.2) is 29.2 Å². The Kier molecular flexibility index (Phi) is 4.42. The lowest BCUT2D eigenvalue weighted by Gasteiger charge is -2.22. The zero-order valence-electron chi connectivity index (χ0n) is 10.2. The molecule has 0 aliphatic heterocycles. The maximum atomic E-state index is 7.48. The van der Waals surface area contributed by atoms with E-state index in [1.165, 1.54) is 10.5 Å². The van der Waals surface area contributed by atoms with Gasteiger partial charge in [-0.2, -0.15) is 0 Å². The summed E-state index contributed by atoms with van der Waals surface area (Å²) in [6, 6.07) is 8.53. The Morgan fingerprint density at radius 1 is 1.31 bits per heavy atom. The molecule has 16 heavy (non-hydrogen) atoms. The maximum Gasteiger partial charge on any atom is 0.0963 e. The lowest BCUT2D eigenvalue weighted by molar-refractivity contribution is 0.500. The molecule has 0 spiro atoms. The van der Waals surface area contributed by atoms with Crippen LogP contribution in [0.5, 0.6) is 0 Å². The standard InChI is InChI=1S/C13H20N2S/c1-10-4-6-11(7-5-10)16-9-8-13(2,3)12(14)15/h4-7H,8-9H2,1-3H3,(H3,14,15). The average Bonchev–Trinajstić information content (AvgIpc) is 2.20. The molecule has 0 fully saturated rings. The molecule has 1 aromatic rings. The molecule has 88 valence electrons. The average molecular weight is 236 g/mol. The van der Waals surface area contributed by atoms with E-state index in [2.05, 4.69) is 31.2 Å². The van der Waals surface area contributed by atoms with Crippen LogP contribution in [0.4, 0.5) is 0 Å². The lowest BCUT2D eigenvalue weighted by Crippen LogP contribution is -2.31. The highest BCUT2D eigenvalue weighted by Crippen LogP contribution is 2.26. The Morgan fingerprint density at radius 3 is 2.38 bits per heavy atom. The molecule has 0 unspecified atom stereocenters. The molecule has 0 aromatic heterocycles. The molecule has 0 atom stereocenters. The molecule has 0 amide bonds. The van der Waals surface area contributed by atoms with Crippen molar-refractivity contribution in [1.29, 1.82) is 5.41 Å². The number of hydrogen-bond acceptors (Lipinski definition) is 2. The summed E-state index contributed by atoms with van der Waals surface area (Å²) in [6.45, 7) is 6.13. The molecule has 3 heteroatoms. The van der Waals surface area contributed by atoms with Crippen LogP contribution in [-0.2, 0) is 0 Å². The molecule has 0 radical (unpaired) electrons. The van der Waals surface area contributed by atoms with Gasteiger partial charge in [-0.15, -0.1) is 11.8 Å². The number of hydrogen-bond donors (Lipinski definition) is 2. The Bertz CT molecular complexity index is 355. The fourth-order valence-corrected chi connectivity index (χ4v) is 2.37. The quantitative estimate of drug-likeness (QED) is 0.467. The van der Waals surface area contributed by atoms with Gasteiger partial charge in [0.15, 0.2) is 0 Å². The summed E-state index contributed by atoms with van der Waals surface area (Å²) >= 11 is 1.82. The molecule has 0 heterocycles. The van der Waals surface area contributed by atoms with Gasteiger partial charge in [-0.05, 0) is 31.2 Å². The van der Waals surface area contributed by atoms with Crippen LogP contribution in [0.3, 0.4) is 0 Å². The highest BCUT2D eigenvalue weighted by molar-refractivity contribution is 7.99. The molecule has 0 bridgehead atoms. The summed E-state index contributed by atoms with van der Waals surface area (Å²) in [7, 11) is 0. The second-order valence-electron chi connectivity index (χ2n) is 4.71. The van der Waals surface area contributed by atoms with Crippen molar-refractivity contribution in [2.45, 2.75) is 32.1 Å². The molecule has 2 nitrogen and oxygen atoms in total. The highest BCUT2D eigenvalue weighted by atomic mass is 32.2. The third kappa shape index (κ3) is 3.89. The Labute approximate surface area is 102 Å². The second kappa shape index (κ2) is 5.39. The first-order valence-corrected chi connectivity index (χ1v) is 6.44. The number of amidine groups is 1. The van der Waals surface area contributed by atoms with Crippen molar-refractivity contribution in [3.05, 3.63) is 29.8 Å². The van der Waals surface area contributed by atoms with E-state index >= 15 is 0 Å². The van der Waals surface area contributed by atoms with E-state index in [0.717, 1.165) is 12.2 Å². The third-order valence-corrected chi connectivity index (χ3v) is 3.76. The highest BCUT2D eigenvalue weighted by Gasteiger charge is 2.20. The molecular weight excluding hydrogens is 216 g/mol. The second-order valence-corrected chi connectivity index (χ2v) is 5.88. The van der Waals surface area contributed by atoms with E-state index in [0.29, 0.717) is 0 Å². The summed E-state index contributed by atoms with van der Waals surface area (Å²) in [5.41, 5.74) is 6.65. The Hall–Kier alpha value is -0.960. The number of benzene rings is 1. The molecule has 0 saturated heterocycles. The molecule has 1 rings (SSSR count). The van der Waals surface area contributed by atoms with Gasteiger partial charge in [0.25, 0.3) is 0 Å². The van der Waals surface area contributed by atoms with E-state index < -0.39 is 0 Å². The van der Waals surface area contributed by atoms with Crippen molar-refractivity contribution in [2.24, 2.45) is 11.1 Å². The summed E-state index contributed by atoms with van der Waals surface area (Å²) in [6.07, 6.45) is 0.931. The van der Waals surface area contributed by atoms with Crippen molar-refractivity contribution in [3.63, 3.8) is 0 Å². The normalized spacial score (nSPS) is 11.4. The molecule has 3 N–H and O–H groups in total. The zero-order chi connectivity index (χ0) is 12.2. The zero-order valence-corrected chi connectivity index (χ0v) is 11.0. The molecule has 0 saturated carbocycles. The van der Waals surface area contributed by atoms with Gasteiger partial charge in [-0.25, -0.2) is 0 Å². The Morgan fingerprint density at radius 2 is 1.88 bits per heavy atom. The number of nitrogens with two attached hydrogens (primary N) is 1. The predicted molar refractivity (Wildman–Crippen MR) is 72.2 cm³/mol. The van der Waals surface area contributed by atoms with E-state index in [1.54, 1.807) is 0 Å². The van der Waals surface area contributed by atoms with Crippen LogP contribution in [0.1, 0.15) is 25.8 Å². The van der Waals surface area contributed by atoms with Crippen molar-refractivity contribution >= 4 is 17.6 Å². The van der Waals surface area contributed by atoms with Gasteiger partial charge < -0.3 is 5.73 Å². The van der Waals surface area contributed by atoms with Crippen LogP contribution < -0.4 is 5.73 Å². The van der Waals surface area contributed by atoms with Gasteiger partial charge in [0.2, 0.25) is 0 Å². The van der Waals surface area contributed by atoms with Gasteiger partial charge in [-0.1, -0.05) is 31.5 Å². The molecule has 0 aliphatic rings. The number of thioether (sulfide) groups is 1. The number of rotatable bonds is 5. The predicted octanol–water partition coefficient (Wildman–Crippen LogP) is 3.44. The number of aryl methyl sites for hydroxylation is 1. The fourth-order valence-electron chi connectivity index (χ4n) is 1.19. The van der Waals surface area contributed by atoms with Crippen LogP contribution >= 0.6 is 11.8 Å². The van der Waals surface area contributed by atoms with Crippen molar-refractivity contribution in [2.75, 3.05) is 5.75 Å². The minimum absolute atomic E-state index is 0.183. The smallest absolute Gasteiger partial charge is 0.0963 e. The summed E-state index contributed by atoms with van der Waals surface area (Å²) in [5, 5.41) is 7.48. The first-order chi connectivity index (χ1) is 7.42. The first kappa shape index (κ1) is 13.1. The maximum absolute atomic E-state index is 7.48. The molecule has 0 aliphatic carbocycles. The minimum atomic E-state index is -0.183. The van der Waals surface area contributed by atoms with Gasteiger partial charge in [0.05, 0.1) is 5.84 Å². The summed E-state index contributed by atoms with van der Waals surface area (Å²) in [5.74, 6) is 1.27. The summed E-state index contributed by atoms with van der Waals surface area (Å²) in [4.78, 5) is 1.28. The van der Waals surface area contributed by atoms with Crippen molar-refractivity contribution in [3.8, 4) is 0 Å². The Balaban J connectivity index is 2.41. The van der Waals surface area contributed by atoms with E-state index in [4.69, 9.17) is 11.1 Å². The molecule has 1 aromatic carbocycles. The van der Waals surface area contributed by atoms with Crippen LogP contribution in [0.25, 0.3) is 0 Å². The van der Waals surface area contributed by atoms with Gasteiger partial charge in [-0.3, -0.25) is 5.41 Å². The van der Waals surface area contributed by atoms with E-state index in [-0.39, 0.29) is 11.3 Å². The van der Waals surface area contributed by atoms with Gasteiger partial charge >= 0.3 is 0 Å². The SMILES string of the molecule is Cc1ccc(SCCC(C)(C)C(=N)N)cc1. The van der Waals surface area contributed by atoms with E-state index in [9.17, 15) is 0 Å². The van der Waals surface area contributed by atoms with Crippen molar-refractivity contribution in [1.82, 2.24) is 0 Å². The largest absolute Gasteiger partial charge is 0.387 e. The van der Waals surface area contributed by atoms with Gasteiger partial charge in [0, 0.05) is 10.3 Å². The first-order valence-electron chi connectivity index (χ1n) is 5.46. The van der Waals surface area contributed by atoms with Crippen molar-refractivity contribution < 1.29 is 0 Å². The monoisotopic (exact) mass is 236 g/mol. The lowest BCUT2D eigenvalue weighted by atomic mass is 9.89. The fraction of sp³-hybridized carbons (Fsp3) is 0.462. The summed E-state index contributed by atoms with van der Waals surface area (Å²) < 4.78 is 0. The van der Waals surface area contributed by atoms with Crippen LogP contribution in [0, 0.1) is 17.7 Å². The third-order valence-electron chi connectivity index (χ3n) is 2.75. The number of nitrogens with one attached hydrogen (secondary N) is 1. The minimum Gasteiger partial charge on any atom is -0.387 e. The van der Waals surface area contributed by atoms with Gasteiger partial charge in [0.1, 0.15) is 0 Å². The molecular formula is C13H20N2S.